The molecule has 115 heavy (non-hydrogen) atoms. The number of nitrogen functional groups attached to an aromatic ring is 1. The number of rotatable bonds is 35. The number of aromatic amines is 1. The van der Waals surface area contributed by atoms with Crippen LogP contribution in [-0.2, 0) is 102 Å². The largest absolute Gasteiger partial charge is 0.481 e. The Kier molecular flexibility index (Phi) is 39.4. The molecule has 2 heterocycles. The van der Waals surface area contributed by atoms with Crippen LogP contribution in [0.3, 0.4) is 0 Å². The molecule has 630 valence electrons. The molecule has 41 heteroatoms. The average molecular weight is 1620 g/mol. The number of H-pyrrole nitrogens is 1. The number of aliphatic hydroxyl groups is 1. The van der Waals surface area contributed by atoms with Crippen molar-refractivity contribution in [2.24, 2.45) is 5.92 Å². The number of ketones is 2. The molecule has 2 aromatic carbocycles. The predicted octanol–water partition coefficient (Wildman–Crippen LogP) is -3.07. The van der Waals surface area contributed by atoms with E-state index in [0.717, 1.165) is 59.8 Å². The fourth-order valence-electron chi connectivity index (χ4n) is 11.9. The quantitative estimate of drug-likeness (QED) is 0.0120. The molecule has 1 saturated heterocycles. The summed E-state index contributed by atoms with van der Waals surface area (Å²) in [6.45, 7) is 4.10. The third kappa shape index (κ3) is 32.6. The third-order valence-electron chi connectivity index (χ3n) is 18.1. The van der Waals surface area contributed by atoms with E-state index >= 15 is 0 Å². The first-order chi connectivity index (χ1) is 54.4. The van der Waals surface area contributed by atoms with Crippen LogP contribution in [0.15, 0.2) is 54.7 Å². The average Bonchev–Trinajstić information content (AvgIpc) is 1.72. The van der Waals surface area contributed by atoms with Crippen molar-refractivity contribution in [3.05, 3.63) is 65.9 Å². The third-order valence-corrected chi connectivity index (χ3v) is 18.1. The molecule has 13 atom stereocenters. The maximum absolute atomic E-state index is 14.9. The number of unbranched alkanes of at least 4 members (excludes halogenated alkanes) is 7. The number of amides is 13. The zero-order valence-corrected chi connectivity index (χ0v) is 64.4. The van der Waals surface area contributed by atoms with E-state index in [1.165, 1.54) is 24.3 Å². The second kappa shape index (κ2) is 47.8. The summed E-state index contributed by atoms with van der Waals surface area (Å²) < 4.78 is 5.71. The minimum absolute atomic E-state index is 0.00518. The highest BCUT2D eigenvalue weighted by Gasteiger charge is 2.41. The number of carboxylic acid groups (broad SMARTS) is 4. The van der Waals surface area contributed by atoms with E-state index in [1.54, 1.807) is 37.4 Å². The summed E-state index contributed by atoms with van der Waals surface area (Å²) in [7, 11) is 0. The summed E-state index contributed by atoms with van der Waals surface area (Å²) in [5.74, 6) is -28.6. The maximum atomic E-state index is 14.9. The molecule has 4 rings (SSSR count). The van der Waals surface area contributed by atoms with E-state index in [2.05, 4.69) is 65.1 Å². The summed E-state index contributed by atoms with van der Waals surface area (Å²) in [6.07, 6.45) is -1.09. The zero-order valence-electron chi connectivity index (χ0n) is 64.4. The van der Waals surface area contributed by atoms with Crippen LogP contribution in [0.25, 0.3) is 10.9 Å². The summed E-state index contributed by atoms with van der Waals surface area (Å²) in [5, 5.41) is 79.2. The fourth-order valence-corrected chi connectivity index (χ4v) is 11.9. The van der Waals surface area contributed by atoms with Crippen LogP contribution in [0, 0.1) is 5.92 Å². The highest BCUT2D eigenvalue weighted by atomic mass is 16.5. The molecule has 1 aliphatic heterocycles. The Hall–Kier alpha value is -12.5. The van der Waals surface area contributed by atoms with E-state index in [0.29, 0.717) is 35.7 Å². The molecule has 3 aromatic rings. The molecule has 0 bridgehead atoms. The molecule has 0 aliphatic carbocycles. The van der Waals surface area contributed by atoms with Gasteiger partial charge in [0.15, 0.2) is 5.78 Å². The first-order valence-electron chi connectivity index (χ1n) is 37.3. The van der Waals surface area contributed by atoms with Gasteiger partial charge in [-0.2, -0.15) is 0 Å². The van der Waals surface area contributed by atoms with Crippen molar-refractivity contribution in [1.29, 1.82) is 0 Å². The lowest BCUT2D eigenvalue weighted by Gasteiger charge is -2.30. The van der Waals surface area contributed by atoms with E-state index in [-0.39, 0.29) is 36.9 Å². The Morgan fingerprint density at radius 3 is 1.66 bits per heavy atom. The molecular formula is C74H103N15O26. The number of para-hydroxylation sites is 2. The number of cyclic esters (lactones) is 1. The van der Waals surface area contributed by atoms with Crippen molar-refractivity contribution in [2.75, 3.05) is 25.4 Å². The maximum Gasteiger partial charge on any atom is 0.329 e. The standard InChI is InChI=1S/C74H103N15O26/c1-7-9-11-12-13-14-15-25-55(93)81-48(28-41-33-76-45-24-19-17-20-42(41)45)69(109)84-47(27-38(4)91)68(108)86-51(32-61(102)103)70(110)89-63-40(6)115-74(114)52(29-54(92)43-21-16-18-22-44(43)75)87-73(113)62(37(3)26-58(96)97)88-71(111)53(36-90)82-57(95)34-77-65(105)49(30-59(98)99)83-64(104)39(5)79-67(107)50(31-60(100)101)85-66(106)46(23-10-8-2)80-56(94)35-78-72(63)112/h16-22,24,33,37,39-40,46-53,62-63,76,90H,7-15,23,25-32,34-36,75H2,1-6H3,(H,77,105)(H,78,112)(H,79,107)(H,80,94)(H,81,93)(H,82,95)(H,83,104)(H,84,109)(H,85,106)(H,86,108)(H,87,113)(H,88,111)(H,89,110)(H,96,97)(H,98,99)(H,100,101)(H,102,103). The van der Waals surface area contributed by atoms with Crippen LogP contribution in [0.1, 0.15) is 167 Å². The number of Topliss-reactive ketones (excluding diaryl/α,β-unsaturated/α-hetero) is 2. The van der Waals surface area contributed by atoms with Crippen LogP contribution in [0.5, 0.6) is 0 Å². The molecular weight excluding hydrogens is 1510 g/mol. The second-order valence-corrected chi connectivity index (χ2v) is 27.7. The molecule has 0 radical (unpaired) electrons. The number of nitrogens with two attached hydrogens (primary N) is 1. The number of aliphatic carboxylic acids is 4. The molecule has 13 amide bonds. The Balaban J connectivity index is 1.87. The van der Waals surface area contributed by atoms with Gasteiger partial charge in [-0.25, -0.2) is 4.79 Å². The van der Waals surface area contributed by atoms with Gasteiger partial charge in [0.1, 0.15) is 78.3 Å². The van der Waals surface area contributed by atoms with E-state index in [1.807, 2.05) is 16.0 Å². The number of carbonyl (C=O) groups excluding carboxylic acids is 16. The van der Waals surface area contributed by atoms with E-state index in [4.69, 9.17) is 10.5 Å². The van der Waals surface area contributed by atoms with Crippen LogP contribution in [-0.4, -0.2) is 241 Å². The second-order valence-electron chi connectivity index (χ2n) is 27.7. The van der Waals surface area contributed by atoms with Gasteiger partial charge in [-0.3, -0.25) is 91.1 Å². The smallest absolute Gasteiger partial charge is 0.329 e. The van der Waals surface area contributed by atoms with Gasteiger partial charge in [-0.05, 0) is 63.3 Å². The molecule has 13 unspecified atom stereocenters. The Labute approximate surface area is 659 Å². The molecule has 0 saturated carbocycles. The van der Waals surface area contributed by atoms with Gasteiger partial charge >= 0.3 is 29.8 Å². The SMILES string of the molecule is CCCCCCCCCC(=O)NC(Cc1c[nH]c2ccccc12)C(=O)NC(CC(C)=O)C(=O)NC(CC(=O)O)C(=O)NC1C(=O)NCC(=O)NC(CCCC)C(=O)NC(CC(=O)O)C(=O)NC(C)C(=O)NC(CC(=O)O)C(=O)NCC(=O)NC(CO)C(=O)NC(C(C)CC(=O)O)C(=O)NC(CC(=O)c2ccccc2N)C(=O)OC1C. The molecule has 21 N–H and O–H groups in total. The monoisotopic (exact) mass is 1620 g/mol. The number of hydrogen-bond donors (Lipinski definition) is 20. The highest BCUT2D eigenvalue weighted by Crippen LogP contribution is 2.22. The molecule has 1 aliphatic rings. The first-order valence-corrected chi connectivity index (χ1v) is 37.3. The van der Waals surface area contributed by atoms with Crippen molar-refractivity contribution < 1.29 is 126 Å². The topological polar surface area (TPSA) is 650 Å². The number of ether oxygens (including phenoxy) is 1. The van der Waals surface area contributed by atoms with E-state index in [9.17, 15) is 121 Å². The summed E-state index contributed by atoms with van der Waals surface area (Å²) in [5.41, 5.74) is 6.87. The Bertz CT molecular complexity index is 4040. The number of anilines is 1. The van der Waals surface area contributed by atoms with Crippen LogP contribution in [0.2, 0.25) is 0 Å². The van der Waals surface area contributed by atoms with Crippen molar-refractivity contribution in [1.82, 2.24) is 74.1 Å². The number of aromatic nitrogens is 1. The number of benzene rings is 2. The Morgan fingerprint density at radius 2 is 1.06 bits per heavy atom. The number of fused-ring (bicyclic) bond motifs is 1. The van der Waals surface area contributed by atoms with Gasteiger partial charge in [0.25, 0.3) is 0 Å². The minimum atomic E-state index is -2.41. The van der Waals surface area contributed by atoms with Gasteiger partial charge < -0.3 is 110 Å². The number of nitrogens with one attached hydrogen (secondary N) is 14. The zero-order chi connectivity index (χ0) is 85.8. The fraction of sp³-hybridized carbons (Fsp3) is 0.541. The number of carbonyl (C=O) groups is 20. The lowest BCUT2D eigenvalue weighted by molar-refractivity contribution is -0.156. The molecule has 1 aromatic heterocycles. The van der Waals surface area contributed by atoms with Gasteiger partial charge in [0, 0.05) is 54.0 Å². The Morgan fingerprint density at radius 1 is 0.530 bits per heavy atom. The summed E-state index contributed by atoms with van der Waals surface area (Å²) >= 11 is 0. The van der Waals surface area contributed by atoms with Crippen molar-refractivity contribution in [3.8, 4) is 0 Å². The molecule has 1 fully saturated rings. The van der Waals surface area contributed by atoms with Crippen LogP contribution < -0.4 is 74.9 Å². The van der Waals surface area contributed by atoms with Crippen molar-refractivity contribution in [3.63, 3.8) is 0 Å². The highest BCUT2D eigenvalue weighted by molar-refractivity contribution is 6.05. The van der Waals surface area contributed by atoms with E-state index < -0.39 is 255 Å². The lowest BCUT2D eigenvalue weighted by atomic mass is 9.96. The minimum Gasteiger partial charge on any atom is -0.481 e. The van der Waals surface area contributed by atoms with Crippen LogP contribution >= 0.6 is 0 Å². The van der Waals surface area contributed by atoms with Crippen LogP contribution in [0.4, 0.5) is 5.69 Å². The summed E-state index contributed by atoms with van der Waals surface area (Å²) in [6, 6.07) is -9.96. The van der Waals surface area contributed by atoms with Gasteiger partial charge in [-0.1, -0.05) is 102 Å². The van der Waals surface area contributed by atoms with Crippen molar-refractivity contribution in [2.45, 2.75) is 230 Å². The lowest BCUT2D eigenvalue weighted by Crippen LogP contribution is -2.61. The molecule has 41 nitrogen and oxygen atoms in total. The normalized spacial score (nSPS) is 21.2. The number of esters is 1. The number of aliphatic hydroxyl groups excluding tert-OH is 1. The number of hydrogen-bond acceptors (Lipinski definition) is 23. The predicted molar refractivity (Wildman–Crippen MR) is 403 cm³/mol. The molecule has 0 spiro atoms. The van der Waals surface area contributed by atoms with Crippen molar-refractivity contribution >= 4 is 135 Å². The first kappa shape index (κ1) is 94.9. The van der Waals surface area contributed by atoms with Gasteiger partial charge in [0.2, 0.25) is 76.8 Å². The summed E-state index contributed by atoms with van der Waals surface area (Å²) in [4.78, 5) is 277. The van der Waals surface area contributed by atoms with Gasteiger partial charge in [-0.15, -0.1) is 0 Å². The number of carboxylic acids is 4. The van der Waals surface area contributed by atoms with Gasteiger partial charge in [0.05, 0.1) is 45.4 Å².